The van der Waals surface area contributed by atoms with Gasteiger partial charge in [0.15, 0.2) is 0 Å². The van der Waals surface area contributed by atoms with Gasteiger partial charge in [0, 0.05) is 31.6 Å². The second-order valence-corrected chi connectivity index (χ2v) is 7.68. The predicted octanol–water partition coefficient (Wildman–Crippen LogP) is 3.87. The third-order valence-electron chi connectivity index (χ3n) is 5.69. The Kier molecular flexibility index (Phi) is 5.76. The standard InChI is InChI=1S/C24H28N4O/c1-3-21(18-9-5-4-6-10-18)26-24(29)20-17-23(28-15-13-27(2)14-16-28)25-22-12-8-7-11-19(20)22/h4-12,17,21H,3,13-16H2,1-2H3,(H,26,29)/t21-/m0/s1. The summed E-state index contributed by atoms with van der Waals surface area (Å²) >= 11 is 0. The zero-order chi connectivity index (χ0) is 20.2. The number of nitrogens with zero attached hydrogens (tertiary/aromatic N) is 3. The SMILES string of the molecule is CC[C@H](NC(=O)c1cc(N2CCN(C)CC2)nc2ccccc12)c1ccccc1. The second-order valence-electron chi connectivity index (χ2n) is 7.68. The van der Waals surface area contributed by atoms with Crippen molar-refractivity contribution in [1.29, 1.82) is 0 Å². The van der Waals surface area contributed by atoms with Crippen LogP contribution in [0.25, 0.3) is 10.9 Å². The Labute approximate surface area is 172 Å². The first-order chi connectivity index (χ1) is 14.2. The summed E-state index contributed by atoms with van der Waals surface area (Å²) in [6.07, 6.45) is 0.837. The first-order valence-electron chi connectivity index (χ1n) is 10.3. The summed E-state index contributed by atoms with van der Waals surface area (Å²) in [4.78, 5) is 22.8. The van der Waals surface area contributed by atoms with E-state index in [0.717, 1.165) is 54.9 Å². The summed E-state index contributed by atoms with van der Waals surface area (Å²) in [5, 5.41) is 4.13. The maximum Gasteiger partial charge on any atom is 0.252 e. The fourth-order valence-electron chi connectivity index (χ4n) is 3.89. The summed E-state index contributed by atoms with van der Waals surface area (Å²) in [5.41, 5.74) is 2.68. The van der Waals surface area contributed by atoms with Gasteiger partial charge in [0.1, 0.15) is 5.82 Å². The molecule has 1 N–H and O–H groups in total. The normalized spacial score (nSPS) is 16.0. The molecule has 0 radical (unpaired) electrons. The van der Waals surface area contributed by atoms with Gasteiger partial charge in [-0.1, -0.05) is 55.5 Å². The maximum atomic E-state index is 13.3. The van der Waals surface area contributed by atoms with Crippen LogP contribution in [0, 0.1) is 0 Å². The van der Waals surface area contributed by atoms with Gasteiger partial charge in [0.05, 0.1) is 17.1 Å². The molecule has 2 heterocycles. The van der Waals surface area contributed by atoms with Gasteiger partial charge in [0.25, 0.3) is 5.91 Å². The van der Waals surface area contributed by atoms with Crippen molar-refractivity contribution >= 4 is 22.6 Å². The number of likely N-dealkylation sites (N-methyl/N-ethyl adjacent to an activating group) is 1. The Morgan fingerprint density at radius 2 is 1.72 bits per heavy atom. The van der Waals surface area contributed by atoms with Crippen molar-refractivity contribution < 1.29 is 4.79 Å². The molecule has 1 aliphatic heterocycles. The van der Waals surface area contributed by atoms with Crippen molar-refractivity contribution in [3.63, 3.8) is 0 Å². The summed E-state index contributed by atoms with van der Waals surface area (Å²) in [7, 11) is 2.14. The van der Waals surface area contributed by atoms with E-state index in [0.29, 0.717) is 5.56 Å². The number of para-hydroxylation sites is 1. The van der Waals surface area contributed by atoms with Crippen LogP contribution in [0.3, 0.4) is 0 Å². The number of nitrogens with one attached hydrogen (secondary N) is 1. The lowest BCUT2D eigenvalue weighted by atomic mass is 10.0. The Morgan fingerprint density at radius 1 is 1.03 bits per heavy atom. The zero-order valence-corrected chi connectivity index (χ0v) is 17.1. The van der Waals surface area contributed by atoms with Gasteiger partial charge in [-0.25, -0.2) is 4.98 Å². The number of anilines is 1. The van der Waals surface area contributed by atoms with Gasteiger partial charge in [-0.2, -0.15) is 0 Å². The van der Waals surface area contributed by atoms with E-state index in [1.165, 1.54) is 0 Å². The van der Waals surface area contributed by atoms with Crippen molar-refractivity contribution in [3.05, 3.63) is 71.8 Å². The molecule has 0 spiro atoms. The third-order valence-corrected chi connectivity index (χ3v) is 5.69. The van der Waals surface area contributed by atoms with Crippen LogP contribution in [0.1, 0.15) is 35.3 Å². The lowest BCUT2D eigenvalue weighted by Crippen LogP contribution is -2.45. The second kappa shape index (κ2) is 8.62. The minimum Gasteiger partial charge on any atom is -0.354 e. The summed E-state index contributed by atoms with van der Waals surface area (Å²) in [5.74, 6) is 0.837. The van der Waals surface area contributed by atoms with E-state index >= 15 is 0 Å². The van der Waals surface area contributed by atoms with Crippen LogP contribution in [0.2, 0.25) is 0 Å². The van der Waals surface area contributed by atoms with Gasteiger partial charge < -0.3 is 15.1 Å². The average molecular weight is 389 g/mol. The molecule has 150 valence electrons. The highest BCUT2D eigenvalue weighted by Gasteiger charge is 2.21. The first-order valence-corrected chi connectivity index (χ1v) is 10.3. The number of fused-ring (bicyclic) bond motifs is 1. The van der Waals surface area contributed by atoms with Crippen molar-refractivity contribution in [1.82, 2.24) is 15.2 Å². The number of benzene rings is 2. The quantitative estimate of drug-likeness (QED) is 0.721. The van der Waals surface area contributed by atoms with E-state index in [4.69, 9.17) is 4.98 Å². The van der Waals surface area contributed by atoms with E-state index in [-0.39, 0.29) is 11.9 Å². The molecule has 1 aliphatic rings. The van der Waals surface area contributed by atoms with Crippen LogP contribution in [-0.2, 0) is 0 Å². The smallest absolute Gasteiger partial charge is 0.252 e. The van der Waals surface area contributed by atoms with E-state index in [9.17, 15) is 4.79 Å². The minimum absolute atomic E-state index is 0.0114. The van der Waals surface area contributed by atoms with Crippen LogP contribution in [0.4, 0.5) is 5.82 Å². The molecule has 0 unspecified atom stereocenters. The fraction of sp³-hybridized carbons (Fsp3) is 0.333. The highest BCUT2D eigenvalue weighted by Crippen LogP contribution is 2.25. The number of pyridine rings is 1. The lowest BCUT2D eigenvalue weighted by molar-refractivity contribution is 0.0937. The van der Waals surface area contributed by atoms with Crippen LogP contribution in [-0.4, -0.2) is 49.0 Å². The summed E-state index contributed by atoms with van der Waals surface area (Å²) in [6, 6.07) is 20.0. The molecule has 1 saturated heterocycles. The van der Waals surface area contributed by atoms with Crippen molar-refractivity contribution in [3.8, 4) is 0 Å². The molecule has 5 heteroatoms. The molecule has 0 aliphatic carbocycles. The Morgan fingerprint density at radius 3 is 2.45 bits per heavy atom. The van der Waals surface area contributed by atoms with Gasteiger partial charge in [-0.05, 0) is 31.2 Å². The topological polar surface area (TPSA) is 48.5 Å². The summed E-state index contributed by atoms with van der Waals surface area (Å²) in [6.45, 7) is 5.94. The van der Waals surface area contributed by atoms with Crippen LogP contribution in [0.15, 0.2) is 60.7 Å². The van der Waals surface area contributed by atoms with Gasteiger partial charge in [-0.3, -0.25) is 4.79 Å². The van der Waals surface area contributed by atoms with Crippen LogP contribution in [0.5, 0.6) is 0 Å². The number of amides is 1. The van der Waals surface area contributed by atoms with E-state index < -0.39 is 0 Å². The third kappa shape index (κ3) is 4.25. The fourth-order valence-corrected chi connectivity index (χ4v) is 3.89. The van der Waals surface area contributed by atoms with Gasteiger partial charge >= 0.3 is 0 Å². The van der Waals surface area contributed by atoms with Gasteiger partial charge in [0.2, 0.25) is 0 Å². The van der Waals surface area contributed by atoms with Crippen molar-refractivity contribution in [2.45, 2.75) is 19.4 Å². The molecule has 3 aromatic rings. The number of carbonyl (C=O) groups excluding carboxylic acids is 1. The molecule has 1 fully saturated rings. The monoisotopic (exact) mass is 388 g/mol. The molecule has 5 nitrogen and oxygen atoms in total. The highest BCUT2D eigenvalue weighted by molar-refractivity contribution is 6.07. The molecule has 1 atom stereocenters. The molecule has 1 amide bonds. The van der Waals surface area contributed by atoms with Crippen LogP contribution >= 0.6 is 0 Å². The molecule has 0 saturated carbocycles. The minimum atomic E-state index is -0.0466. The van der Waals surface area contributed by atoms with Crippen molar-refractivity contribution in [2.75, 3.05) is 38.1 Å². The Bertz CT molecular complexity index is 981. The highest BCUT2D eigenvalue weighted by atomic mass is 16.1. The molecule has 1 aromatic heterocycles. The number of rotatable bonds is 5. The number of piperazine rings is 1. The largest absolute Gasteiger partial charge is 0.354 e. The maximum absolute atomic E-state index is 13.3. The number of aromatic nitrogens is 1. The van der Waals surface area contributed by atoms with Gasteiger partial charge in [-0.15, -0.1) is 0 Å². The predicted molar refractivity (Wildman–Crippen MR) is 118 cm³/mol. The summed E-state index contributed by atoms with van der Waals surface area (Å²) < 4.78 is 0. The Balaban J connectivity index is 1.67. The van der Waals surface area contributed by atoms with Crippen LogP contribution < -0.4 is 10.2 Å². The number of carbonyl (C=O) groups is 1. The molecular formula is C24H28N4O. The lowest BCUT2D eigenvalue weighted by Gasteiger charge is -2.33. The van der Waals surface area contributed by atoms with E-state index in [2.05, 4.69) is 41.2 Å². The van der Waals surface area contributed by atoms with E-state index in [1.54, 1.807) is 0 Å². The molecule has 4 rings (SSSR count). The van der Waals surface area contributed by atoms with E-state index in [1.807, 2.05) is 48.5 Å². The number of hydrogen-bond acceptors (Lipinski definition) is 4. The molecular weight excluding hydrogens is 360 g/mol. The molecule has 0 bridgehead atoms. The molecule has 2 aromatic carbocycles. The zero-order valence-electron chi connectivity index (χ0n) is 17.1. The Hall–Kier alpha value is -2.92. The first kappa shape index (κ1) is 19.4. The van der Waals surface area contributed by atoms with Crippen molar-refractivity contribution in [2.24, 2.45) is 0 Å². The average Bonchev–Trinajstić information content (AvgIpc) is 2.77. The molecule has 29 heavy (non-hydrogen) atoms. The number of hydrogen-bond donors (Lipinski definition) is 1.